The van der Waals surface area contributed by atoms with Crippen LogP contribution in [0.5, 0.6) is 0 Å². The molecule has 1 amide bonds. The first kappa shape index (κ1) is 16.4. The van der Waals surface area contributed by atoms with E-state index in [-0.39, 0.29) is 11.9 Å². The zero-order valence-electron chi connectivity index (χ0n) is 14.9. The average Bonchev–Trinajstić information content (AvgIpc) is 3.33. The molecule has 0 bridgehead atoms. The smallest absolute Gasteiger partial charge is 0.254 e. The molecule has 1 aromatic carbocycles. The summed E-state index contributed by atoms with van der Waals surface area (Å²) in [6, 6.07) is 12.6. The highest BCUT2D eigenvalue weighted by Gasteiger charge is 2.30. The van der Waals surface area contributed by atoms with Gasteiger partial charge in [0, 0.05) is 43.6 Å². The maximum Gasteiger partial charge on any atom is 0.254 e. The van der Waals surface area contributed by atoms with Crippen molar-refractivity contribution in [2.24, 2.45) is 7.05 Å². The lowest BCUT2D eigenvalue weighted by atomic mass is 9.95. The van der Waals surface area contributed by atoms with E-state index in [1.807, 2.05) is 12.1 Å². The molecule has 0 unspecified atom stereocenters. The lowest BCUT2D eigenvalue weighted by Gasteiger charge is -2.36. The quantitative estimate of drug-likeness (QED) is 0.851. The van der Waals surface area contributed by atoms with Gasteiger partial charge in [0.05, 0.1) is 12.6 Å². The third kappa shape index (κ3) is 3.23. The van der Waals surface area contributed by atoms with Gasteiger partial charge in [0.2, 0.25) is 0 Å². The van der Waals surface area contributed by atoms with E-state index < -0.39 is 0 Å². The number of likely N-dealkylation sites (tertiary alicyclic amines) is 1. The summed E-state index contributed by atoms with van der Waals surface area (Å²) in [6.07, 6.45) is 6.42. The standard InChI is InChI=1S/C21H26N2O2/c1-22-11-5-9-19(22)20-8-2-3-12-23(20)21(24)17-7-4-6-16(14-17)18-10-13-25-15-18/h4-7,9,11,14,18,20H,2-3,8,10,12-13,15H2,1H3/t18-,20+/m1/s1. The monoisotopic (exact) mass is 338 g/mol. The van der Waals surface area contributed by atoms with Crippen molar-refractivity contribution in [1.29, 1.82) is 0 Å². The highest BCUT2D eigenvalue weighted by molar-refractivity contribution is 5.94. The van der Waals surface area contributed by atoms with Crippen LogP contribution >= 0.6 is 0 Å². The summed E-state index contributed by atoms with van der Waals surface area (Å²) < 4.78 is 7.65. The van der Waals surface area contributed by atoms with Crippen LogP contribution in [0, 0.1) is 0 Å². The normalized spacial score (nSPS) is 23.8. The van der Waals surface area contributed by atoms with Crippen molar-refractivity contribution in [2.75, 3.05) is 19.8 Å². The van der Waals surface area contributed by atoms with Crippen molar-refractivity contribution < 1.29 is 9.53 Å². The molecule has 2 aromatic rings. The number of amides is 1. The fourth-order valence-electron chi connectivity index (χ4n) is 4.19. The van der Waals surface area contributed by atoms with Crippen LogP contribution in [0.4, 0.5) is 0 Å². The van der Waals surface area contributed by atoms with Gasteiger partial charge in [-0.25, -0.2) is 0 Å². The van der Waals surface area contributed by atoms with Gasteiger partial charge in [-0.15, -0.1) is 0 Å². The summed E-state index contributed by atoms with van der Waals surface area (Å²) in [6.45, 7) is 2.43. The summed E-state index contributed by atoms with van der Waals surface area (Å²) in [5.41, 5.74) is 3.27. The minimum absolute atomic E-state index is 0.159. The Morgan fingerprint density at radius 1 is 1.16 bits per heavy atom. The first-order valence-corrected chi connectivity index (χ1v) is 9.34. The molecule has 2 aliphatic heterocycles. The van der Waals surface area contributed by atoms with Crippen LogP contribution in [0.1, 0.15) is 59.3 Å². The third-order valence-electron chi connectivity index (χ3n) is 5.62. The Morgan fingerprint density at radius 3 is 2.84 bits per heavy atom. The number of nitrogens with zero attached hydrogens (tertiary/aromatic N) is 2. The molecule has 0 saturated carbocycles. The van der Waals surface area contributed by atoms with Crippen LogP contribution in [0.25, 0.3) is 0 Å². The fraction of sp³-hybridized carbons (Fsp3) is 0.476. The Balaban J connectivity index is 1.60. The van der Waals surface area contributed by atoms with Crippen LogP contribution in [0.15, 0.2) is 42.6 Å². The van der Waals surface area contributed by atoms with Crippen LogP contribution < -0.4 is 0 Å². The molecular formula is C21H26N2O2. The second kappa shape index (κ2) is 7.04. The summed E-state index contributed by atoms with van der Waals surface area (Å²) in [7, 11) is 2.06. The van der Waals surface area contributed by atoms with E-state index in [2.05, 4.69) is 47.0 Å². The Bertz CT molecular complexity index is 746. The molecule has 2 fully saturated rings. The molecule has 2 atom stereocenters. The van der Waals surface area contributed by atoms with Crippen LogP contribution in [0.2, 0.25) is 0 Å². The molecule has 0 aliphatic carbocycles. The predicted octanol–water partition coefficient (Wildman–Crippen LogP) is 3.90. The van der Waals surface area contributed by atoms with Gasteiger partial charge >= 0.3 is 0 Å². The number of piperidine rings is 1. The third-order valence-corrected chi connectivity index (χ3v) is 5.62. The molecule has 132 valence electrons. The number of ether oxygens (including phenoxy) is 1. The van der Waals surface area contributed by atoms with Crippen LogP contribution in [-0.2, 0) is 11.8 Å². The van der Waals surface area contributed by atoms with Gasteiger partial charge in [-0.1, -0.05) is 12.1 Å². The zero-order valence-corrected chi connectivity index (χ0v) is 14.9. The van der Waals surface area contributed by atoms with Crippen molar-refractivity contribution >= 4 is 5.91 Å². The first-order valence-electron chi connectivity index (χ1n) is 9.34. The van der Waals surface area contributed by atoms with Crippen molar-refractivity contribution in [1.82, 2.24) is 9.47 Å². The van der Waals surface area contributed by atoms with E-state index >= 15 is 0 Å². The van der Waals surface area contributed by atoms with E-state index in [0.717, 1.165) is 44.6 Å². The molecule has 25 heavy (non-hydrogen) atoms. The largest absolute Gasteiger partial charge is 0.381 e. The van der Waals surface area contributed by atoms with Crippen molar-refractivity contribution in [3.63, 3.8) is 0 Å². The zero-order chi connectivity index (χ0) is 17.2. The summed E-state index contributed by atoms with van der Waals surface area (Å²) in [5, 5.41) is 0. The highest BCUT2D eigenvalue weighted by atomic mass is 16.5. The molecule has 3 heterocycles. The molecule has 4 nitrogen and oxygen atoms in total. The molecule has 4 rings (SSSR count). The van der Waals surface area contributed by atoms with Crippen LogP contribution in [0.3, 0.4) is 0 Å². The number of aryl methyl sites for hydroxylation is 1. The van der Waals surface area contributed by atoms with Crippen molar-refractivity contribution in [3.05, 3.63) is 59.4 Å². The summed E-state index contributed by atoms with van der Waals surface area (Å²) in [4.78, 5) is 15.3. The topological polar surface area (TPSA) is 34.5 Å². The Hall–Kier alpha value is -2.07. The molecule has 0 radical (unpaired) electrons. The van der Waals surface area contributed by atoms with Gasteiger partial charge in [0.15, 0.2) is 0 Å². The maximum absolute atomic E-state index is 13.3. The second-order valence-electron chi connectivity index (χ2n) is 7.24. The van der Waals surface area contributed by atoms with Gasteiger partial charge in [-0.3, -0.25) is 4.79 Å². The van der Waals surface area contributed by atoms with Gasteiger partial charge in [-0.2, -0.15) is 0 Å². The molecule has 0 N–H and O–H groups in total. The number of hydrogen-bond acceptors (Lipinski definition) is 2. The van der Waals surface area contributed by atoms with E-state index in [1.54, 1.807) is 0 Å². The number of hydrogen-bond donors (Lipinski definition) is 0. The molecular weight excluding hydrogens is 312 g/mol. The second-order valence-corrected chi connectivity index (χ2v) is 7.24. The number of carbonyl (C=O) groups excluding carboxylic acids is 1. The fourth-order valence-corrected chi connectivity index (χ4v) is 4.19. The van der Waals surface area contributed by atoms with Gasteiger partial charge in [0.1, 0.15) is 0 Å². The predicted molar refractivity (Wildman–Crippen MR) is 97.7 cm³/mol. The number of aromatic nitrogens is 1. The van der Waals surface area contributed by atoms with Gasteiger partial charge < -0.3 is 14.2 Å². The van der Waals surface area contributed by atoms with Gasteiger partial charge in [-0.05, 0) is 55.5 Å². The van der Waals surface area contributed by atoms with Crippen molar-refractivity contribution in [2.45, 2.75) is 37.6 Å². The number of rotatable bonds is 3. The SMILES string of the molecule is Cn1cccc1[C@@H]1CCCCN1C(=O)c1cccc([C@@H]2CCOC2)c1. The molecule has 2 saturated heterocycles. The van der Waals surface area contributed by atoms with Crippen molar-refractivity contribution in [3.8, 4) is 0 Å². The Kier molecular flexibility index (Phi) is 4.62. The van der Waals surface area contributed by atoms with E-state index in [1.165, 1.54) is 17.7 Å². The lowest BCUT2D eigenvalue weighted by Crippen LogP contribution is -2.39. The minimum atomic E-state index is 0.159. The molecule has 1 aromatic heterocycles. The summed E-state index contributed by atoms with van der Waals surface area (Å²) >= 11 is 0. The molecule has 0 spiro atoms. The van der Waals surface area contributed by atoms with E-state index in [4.69, 9.17) is 4.74 Å². The number of benzene rings is 1. The molecule has 2 aliphatic rings. The minimum Gasteiger partial charge on any atom is -0.381 e. The maximum atomic E-state index is 13.3. The van der Waals surface area contributed by atoms with E-state index in [9.17, 15) is 4.79 Å². The first-order chi connectivity index (χ1) is 12.2. The van der Waals surface area contributed by atoms with E-state index in [0.29, 0.717) is 5.92 Å². The lowest BCUT2D eigenvalue weighted by molar-refractivity contribution is 0.0602. The summed E-state index contributed by atoms with van der Waals surface area (Å²) in [5.74, 6) is 0.587. The van der Waals surface area contributed by atoms with Crippen LogP contribution in [-0.4, -0.2) is 35.1 Å². The number of carbonyl (C=O) groups is 1. The highest BCUT2D eigenvalue weighted by Crippen LogP contribution is 2.33. The van der Waals surface area contributed by atoms with Gasteiger partial charge in [0.25, 0.3) is 5.91 Å². The average molecular weight is 338 g/mol. The molecule has 4 heteroatoms. The Morgan fingerprint density at radius 2 is 2.08 bits per heavy atom. The Labute approximate surface area is 149 Å².